The van der Waals surface area contributed by atoms with Gasteiger partial charge in [-0.15, -0.1) is 0 Å². The molecule has 0 saturated heterocycles. The van der Waals surface area contributed by atoms with Gasteiger partial charge in [0, 0.05) is 28.8 Å². The number of hydrogen-bond acceptors (Lipinski definition) is 1. The molecule has 3 rings (SSSR count). The standard InChI is InChI=1S/C16H22N2/c1-11-3-4-12(2)16(9-11)18-14-5-6-15-13(10-14)7-8-17-15/h5-8,10-12,16-18H,3-4,9H2,1-2H3. The lowest BCUT2D eigenvalue weighted by molar-refractivity contribution is 0.281. The second-order valence-electron chi connectivity index (χ2n) is 5.93. The summed E-state index contributed by atoms with van der Waals surface area (Å²) < 4.78 is 0. The van der Waals surface area contributed by atoms with Crippen LogP contribution < -0.4 is 5.32 Å². The zero-order valence-corrected chi connectivity index (χ0v) is 11.2. The van der Waals surface area contributed by atoms with E-state index in [0.29, 0.717) is 6.04 Å². The van der Waals surface area contributed by atoms with Gasteiger partial charge in [0.2, 0.25) is 0 Å². The average molecular weight is 242 g/mol. The summed E-state index contributed by atoms with van der Waals surface area (Å²) in [7, 11) is 0. The number of nitrogens with one attached hydrogen (secondary N) is 2. The summed E-state index contributed by atoms with van der Waals surface area (Å²) in [5.74, 6) is 1.64. The smallest absolute Gasteiger partial charge is 0.0455 e. The van der Waals surface area contributed by atoms with E-state index in [0.717, 1.165) is 11.8 Å². The molecule has 3 atom stereocenters. The Bertz CT molecular complexity index is 529. The molecule has 0 radical (unpaired) electrons. The maximum absolute atomic E-state index is 3.73. The van der Waals surface area contributed by atoms with Gasteiger partial charge in [0.1, 0.15) is 0 Å². The fraction of sp³-hybridized carbons (Fsp3) is 0.500. The summed E-state index contributed by atoms with van der Waals surface area (Å²) in [5, 5.41) is 5.02. The number of H-pyrrole nitrogens is 1. The second kappa shape index (κ2) is 4.68. The first-order valence-corrected chi connectivity index (χ1v) is 7.06. The Kier molecular flexibility index (Phi) is 3.02. The Morgan fingerprint density at radius 3 is 2.94 bits per heavy atom. The number of fused-ring (bicyclic) bond motifs is 1. The minimum atomic E-state index is 0.630. The van der Waals surface area contributed by atoms with Crippen LogP contribution in [0.5, 0.6) is 0 Å². The summed E-state index contributed by atoms with van der Waals surface area (Å²) in [6, 6.07) is 9.36. The van der Waals surface area contributed by atoms with E-state index >= 15 is 0 Å². The predicted octanol–water partition coefficient (Wildman–Crippen LogP) is 4.40. The third-order valence-electron chi connectivity index (χ3n) is 4.36. The molecule has 96 valence electrons. The molecule has 1 aliphatic rings. The highest BCUT2D eigenvalue weighted by Crippen LogP contribution is 2.31. The molecule has 18 heavy (non-hydrogen) atoms. The molecule has 0 spiro atoms. The summed E-state index contributed by atoms with van der Waals surface area (Å²) in [6.07, 6.45) is 6.04. The Morgan fingerprint density at radius 1 is 1.17 bits per heavy atom. The van der Waals surface area contributed by atoms with Gasteiger partial charge in [-0.1, -0.05) is 20.3 Å². The summed E-state index contributed by atoms with van der Waals surface area (Å²) in [5.41, 5.74) is 2.47. The van der Waals surface area contributed by atoms with Gasteiger partial charge in [0.25, 0.3) is 0 Å². The Morgan fingerprint density at radius 2 is 2.06 bits per heavy atom. The monoisotopic (exact) mass is 242 g/mol. The van der Waals surface area contributed by atoms with Crippen molar-refractivity contribution in [2.24, 2.45) is 11.8 Å². The van der Waals surface area contributed by atoms with E-state index in [4.69, 9.17) is 0 Å². The van der Waals surface area contributed by atoms with Gasteiger partial charge >= 0.3 is 0 Å². The van der Waals surface area contributed by atoms with Crippen LogP contribution in [0.15, 0.2) is 30.5 Å². The van der Waals surface area contributed by atoms with Crippen molar-refractivity contribution in [1.82, 2.24) is 4.98 Å². The number of aromatic nitrogens is 1. The van der Waals surface area contributed by atoms with E-state index in [1.807, 2.05) is 6.20 Å². The number of rotatable bonds is 2. The average Bonchev–Trinajstić information content (AvgIpc) is 2.81. The lowest BCUT2D eigenvalue weighted by Gasteiger charge is -2.34. The third kappa shape index (κ3) is 2.24. The Labute approximate surface area is 109 Å². The molecular formula is C16H22N2. The van der Waals surface area contributed by atoms with Crippen LogP contribution in [0.2, 0.25) is 0 Å². The lowest BCUT2D eigenvalue weighted by atomic mass is 9.80. The van der Waals surface area contributed by atoms with Crippen LogP contribution >= 0.6 is 0 Å². The molecule has 0 bridgehead atoms. The molecule has 1 aromatic heterocycles. The molecule has 1 fully saturated rings. The van der Waals surface area contributed by atoms with Crippen molar-refractivity contribution in [2.75, 3.05) is 5.32 Å². The summed E-state index contributed by atoms with van der Waals surface area (Å²) in [4.78, 5) is 3.24. The molecule has 2 N–H and O–H groups in total. The number of benzene rings is 1. The van der Waals surface area contributed by atoms with Crippen LogP contribution in [-0.2, 0) is 0 Å². The van der Waals surface area contributed by atoms with E-state index in [9.17, 15) is 0 Å². The summed E-state index contributed by atoms with van der Waals surface area (Å²) >= 11 is 0. The van der Waals surface area contributed by atoms with Gasteiger partial charge in [-0.3, -0.25) is 0 Å². The largest absolute Gasteiger partial charge is 0.382 e. The highest BCUT2D eigenvalue weighted by atomic mass is 14.9. The molecule has 0 amide bonds. The molecule has 2 aromatic rings. The minimum Gasteiger partial charge on any atom is -0.382 e. The van der Waals surface area contributed by atoms with E-state index in [-0.39, 0.29) is 0 Å². The number of anilines is 1. The zero-order chi connectivity index (χ0) is 12.5. The maximum Gasteiger partial charge on any atom is 0.0455 e. The SMILES string of the molecule is CC1CCC(C)C(Nc2ccc3[nH]ccc3c2)C1. The normalized spacial score (nSPS) is 28.4. The molecule has 1 aliphatic carbocycles. The molecule has 2 heteroatoms. The maximum atomic E-state index is 3.73. The van der Waals surface area contributed by atoms with Crippen molar-refractivity contribution >= 4 is 16.6 Å². The molecular weight excluding hydrogens is 220 g/mol. The summed E-state index contributed by atoms with van der Waals surface area (Å²) in [6.45, 7) is 4.74. The van der Waals surface area contributed by atoms with Gasteiger partial charge in [0.05, 0.1) is 0 Å². The van der Waals surface area contributed by atoms with Crippen molar-refractivity contribution in [2.45, 2.75) is 39.2 Å². The topological polar surface area (TPSA) is 27.8 Å². The van der Waals surface area contributed by atoms with Crippen molar-refractivity contribution in [3.05, 3.63) is 30.5 Å². The van der Waals surface area contributed by atoms with E-state index in [2.05, 4.69) is 48.4 Å². The Balaban J connectivity index is 1.78. The quantitative estimate of drug-likeness (QED) is 0.802. The highest BCUT2D eigenvalue weighted by Gasteiger charge is 2.25. The molecule has 0 aliphatic heterocycles. The van der Waals surface area contributed by atoms with Crippen LogP contribution in [0.3, 0.4) is 0 Å². The van der Waals surface area contributed by atoms with Gasteiger partial charge in [-0.25, -0.2) is 0 Å². The van der Waals surface area contributed by atoms with Crippen molar-refractivity contribution < 1.29 is 0 Å². The predicted molar refractivity (Wildman–Crippen MR) is 77.9 cm³/mol. The molecule has 1 saturated carbocycles. The zero-order valence-electron chi connectivity index (χ0n) is 11.2. The van der Waals surface area contributed by atoms with Crippen LogP contribution in [0.25, 0.3) is 10.9 Å². The van der Waals surface area contributed by atoms with Gasteiger partial charge in [0.15, 0.2) is 0 Å². The molecule has 2 nitrogen and oxygen atoms in total. The van der Waals surface area contributed by atoms with Crippen molar-refractivity contribution in [3.63, 3.8) is 0 Å². The number of hydrogen-bond donors (Lipinski definition) is 2. The fourth-order valence-corrected chi connectivity index (χ4v) is 3.09. The first-order valence-electron chi connectivity index (χ1n) is 7.06. The van der Waals surface area contributed by atoms with Crippen LogP contribution in [-0.4, -0.2) is 11.0 Å². The molecule has 1 aromatic carbocycles. The van der Waals surface area contributed by atoms with Crippen molar-refractivity contribution in [1.29, 1.82) is 0 Å². The van der Waals surface area contributed by atoms with Crippen molar-refractivity contribution in [3.8, 4) is 0 Å². The lowest BCUT2D eigenvalue weighted by Crippen LogP contribution is -2.33. The van der Waals surface area contributed by atoms with Gasteiger partial charge in [-0.05, 0) is 48.9 Å². The first kappa shape index (κ1) is 11.6. The van der Waals surface area contributed by atoms with E-state index < -0.39 is 0 Å². The third-order valence-corrected chi connectivity index (χ3v) is 4.36. The minimum absolute atomic E-state index is 0.630. The highest BCUT2D eigenvalue weighted by molar-refractivity contribution is 5.83. The Hall–Kier alpha value is -1.44. The van der Waals surface area contributed by atoms with Crippen LogP contribution in [0.4, 0.5) is 5.69 Å². The fourth-order valence-electron chi connectivity index (χ4n) is 3.09. The second-order valence-corrected chi connectivity index (χ2v) is 5.93. The van der Waals surface area contributed by atoms with Crippen LogP contribution in [0.1, 0.15) is 33.1 Å². The van der Waals surface area contributed by atoms with E-state index in [1.54, 1.807) is 0 Å². The van der Waals surface area contributed by atoms with Gasteiger partial charge < -0.3 is 10.3 Å². The van der Waals surface area contributed by atoms with E-state index in [1.165, 1.54) is 35.9 Å². The molecule has 3 unspecified atom stereocenters. The first-order chi connectivity index (χ1) is 8.72. The van der Waals surface area contributed by atoms with Gasteiger partial charge in [-0.2, -0.15) is 0 Å². The van der Waals surface area contributed by atoms with Crippen LogP contribution in [0, 0.1) is 11.8 Å². The number of aromatic amines is 1. The molecule has 1 heterocycles.